The van der Waals surface area contributed by atoms with Crippen molar-refractivity contribution in [2.75, 3.05) is 7.11 Å². The molecule has 0 atom stereocenters. The second-order valence-corrected chi connectivity index (χ2v) is 4.65. The molecule has 0 aliphatic carbocycles. The van der Waals surface area contributed by atoms with Gasteiger partial charge in [0.1, 0.15) is 11.6 Å². The van der Waals surface area contributed by atoms with Crippen molar-refractivity contribution in [3.63, 3.8) is 0 Å². The first-order chi connectivity index (χ1) is 9.26. The predicted octanol–water partition coefficient (Wildman–Crippen LogP) is 2.98. The monoisotopic (exact) mass is 273 g/mol. The number of hydrogen-bond donors (Lipinski definition) is 0. The summed E-state index contributed by atoms with van der Waals surface area (Å²) in [5.41, 5.74) is 1.95. The molecule has 3 aromatic rings. The summed E-state index contributed by atoms with van der Waals surface area (Å²) in [7, 11) is 1.66. The molecule has 0 aliphatic heterocycles. The molecule has 0 aliphatic rings. The number of aromatic nitrogens is 3. The predicted molar refractivity (Wildman–Crippen MR) is 73.8 cm³/mol. The lowest BCUT2D eigenvalue weighted by Gasteiger charge is -2.03. The lowest BCUT2D eigenvalue weighted by molar-refractivity contribution is 0.414. The van der Waals surface area contributed by atoms with Gasteiger partial charge in [-0.3, -0.25) is 4.40 Å². The summed E-state index contributed by atoms with van der Waals surface area (Å²) in [5, 5.41) is 8.99. The summed E-state index contributed by atoms with van der Waals surface area (Å²) in [4.78, 5) is 0. The highest BCUT2D eigenvalue weighted by molar-refractivity contribution is 6.30. The molecule has 4 nitrogen and oxygen atoms in total. The first kappa shape index (κ1) is 12.0. The molecule has 1 aromatic carbocycles. The molecule has 0 unspecified atom stereocenters. The fourth-order valence-electron chi connectivity index (χ4n) is 1.96. The summed E-state index contributed by atoms with van der Waals surface area (Å²) in [6, 6.07) is 11.6. The van der Waals surface area contributed by atoms with Gasteiger partial charge in [-0.25, -0.2) is 0 Å². The van der Waals surface area contributed by atoms with Gasteiger partial charge in [-0.1, -0.05) is 23.7 Å². The van der Waals surface area contributed by atoms with E-state index in [0.29, 0.717) is 11.4 Å². The van der Waals surface area contributed by atoms with Crippen molar-refractivity contribution in [1.29, 1.82) is 0 Å². The number of pyridine rings is 1. The van der Waals surface area contributed by atoms with Crippen LogP contribution in [0.15, 0.2) is 42.6 Å². The quantitative estimate of drug-likeness (QED) is 0.736. The smallest absolute Gasteiger partial charge is 0.160 e. The molecule has 0 fully saturated rings. The summed E-state index contributed by atoms with van der Waals surface area (Å²) < 4.78 is 7.05. The second kappa shape index (κ2) is 4.90. The normalized spacial score (nSPS) is 10.8. The average molecular weight is 274 g/mol. The number of methoxy groups -OCH3 is 1. The van der Waals surface area contributed by atoms with E-state index in [0.717, 1.165) is 22.8 Å². The largest absolute Gasteiger partial charge is 0.497 e. The average Bonchev–Trinajstić information content (AvgIpc) is 2.82. The van der Waals surface area contributed by atoms with Gasteiger partial charge in [0, 0.05) is 12.6 Å². The van der Waals surface area contributed by atoms with Crippen LogP contribution < -0.4 is 4.74 Å². The number of halogens is 1. The molecule has 0 spiro atoms. The molecule has 0 saturated carbocycles. The van der Waals surface area contributed by atoms with Crippen molar-refractivity contribution in [2.24, 2.45) is 0 Å². The van der Waals surface area contributed by atoms with Crippen LogP contribution in [0, 0.1) is 0 Å². The molecule has 5 heteroatoms. The Bertz CT molecular complexity index is 706. The van der Waals surface area contributed by atoms with Crippen LogP contribution in [-0.4, -0.2) is 21.7 Å². The number of benzene rings is 1. The van der Waals surface area contributed by atoms with Crippen LogP contribution in [0.5, 0.6) is 5.75 Å². The molecule has 0 saturated heterocycles. The van der Waals surface area contributed by atoms with Gasteiger partial charge in [0.15, 0.2) is 5.65 Å². The molecule has 3 rings (SSSR count). The first-order valence-corrected chi connectivity index (χ1v) is 6.26. The van der Waals surface area contributed by atoms with Gasteiger partial charge in [0.2, 0.25) is 0 Å². The summed E-state index contributed by atoms with van der Waals surface area (Å²) in [6.07, 6.45) is 2.53. The Kier molecular flexibility index (Phi) is 3.09. The van der Waals surface area contributed by atoms with Crippen LogP contribution in [0.4, 0.5) is 0 Å². The Hall–Kier alpha value is -2.07. The van der Waals surface area contributed by atoms with E-state index in [2.05, 4.69) is 10.2 Å². The van der Waals surface area contributed by atoms with E-state index in [1.54, 1.807) is 7.11 Å². The fourth-order valence-corrected chi connectivity index (χ4v) is 2.12. The maximum Gasteiger partial charge on any atom is 0.160 e. The third-order valence-electron chi connectivity index (χ3n) is 2.96. The van der Waals surface area contributed by atoms with Gasteiger partial charge in [-0.2, -0.15) is 0 Å². The van der Waals surface area contributed by atoms with Gasteiger partial charge in [0.25, 0.3) is 0 Å². The van der Waals surface area contributed by atoms with E-state index in [-0.39, 0.29) is 0 Å². The van der Waals surface area contributed by atoms with Gasteiger partial charge < -0.3 is 4.74 Å². The van der Waals surface area contributed by atoms with E-state index in [1.165, 1.54) is 0 Å². The number of fused-ring (bicyclic) bond motifs is 1. The zero-order valence-corrected chi connectivity index (χ0v) is 11.1. The first-order valence-electron chi connectivity index (χ1n) is 5.88. The highest BCUT2D eigenvalue weighted by atomic mass is 35.5. The Morgan fingerprint density at radius 2 is 1.89 bits per heavy atom. The van der Waals surface area contributed by atoms with Crippen molar-refractivity contribution in [3.05, 3.63) is 59.0 Å². The minimum absolute atomic E-state index is 0.670. The highest BCUT2D eigenvalue weighted by Gasteiger charge is 2.06. The third kappa shape index (κ3) is 2.39. The molecular weight excluding hydrogens is 262 g/mol. The Labute approximate surface area is 115 Å². The molecule has 96 valence electrons. The number of rotatable bonds is 3. The Balaban J connectivity index is 1.93. The van der Waals surface area contributed by atoms with Crippen LogP contribution in [0.3, 0.4) is 0 Å². The highest BCUT2D eigenvalue weighted by Crippen LogP contribution is 2.16. The lowest BCUT2D eigenvalue weighted by Crippen LogP contribution is -1.96. The van der Waals surface area contributed by atoms with Crippen LogP contribution in [0.2, 0.25) is 5.02 Å². The van der Waals surface area contributed by atoms with Gasteiger partial charge in [-0.15, -0.1) is 10.2 Å². The Morgan fingerprint density at radius 1 is 1.11 bits per heavy atom. The molecule has 2 aromatic heterocycles. The number of ether oxygens (including phenoxy) is 1. The maximum absolute atomic E-state index is 6.00. The third-order valence-corrected chi connectivity index (χ3v) is 3.18. The molecule has 19 heavy (non-hydrogen) atoms. The zero-order chi connectivity index (χ0) is 13.2. The SMILES string of the molecule is COc1ccc(Cc2nnc3ccc(Cl)cn23)cc1. The molecular formula is C14H12ClN3O. The van der Waals surface area contributed by atoms with Crippen molar-refractivity contribution < 1.29 is 4.74 Å². The van der Waals surface area contributed by atoms with Crippen molar-refractivity contribution in [3.8, 4) is 5.75 Å². The second-order valence-electron chi connectivity index (χ2n) is 4.22. The lowest BCUT2D eigenvalue weighted by atomic mass is 10.1. The molecule has 0 radical (unpaired) electrons. The molecule has 0 amide bonds. The molecule has 0 bridgehead atoms. The van der Waals surface area contributed by atoms with Gasteiger partial charge in [0.05, 0.1) is 12.1 Å². The maximum atomic E-state index is 6.00. The molecule has 2 heterocycles. The van der Waals surface area contributed by atoms with Crippen LogP contribution in [0.1, 0.15) is 11.4 Å². The van der Waals surface area contributed by atoms with Crippen molar-refractivity contribution in [1.82, 2.24) is 14.6 Å². The van der Waals surface area contributed by atoms with E-state index >= 15 is 0 Å². The van der Waals surface area contributed by atoms with Gasteiger partial charge >= 0.3 is 0 Å². The van der Waals surface area contributed by atoms with Crippen LogP contribution in [-0.2, 0) is 6.42 Å². The van der Waals surface area contributed by atoms with Gasteiger partial charge in [-0.05, 0) is 29.8 Å². The minimum atomic E-state index is 0.670. The van der Waals surface area contributed by atoms with Crippen LogP contribution in [0.25, 0.3) is 5.65 Å². The van der Waals surface area contributed by atoms with E-state index in [1.807, 2.05) is 47.0 Å². The van der Waals surface area contributed by atoms with Crippen molar-refractivity contribution >= 4 is 17.2 Å². The summed E-state index contributed by atoms with van der Waals surface area (Å²) in [5.74, 6) is 1.71. The van der Waals surface area contributed by atoms with Crippen molar-refractivity contribution in [2.45, 2.75) is 6.42 Å². The van der Waals surface area contributed by atoms with E-state index in [4.69, 9.17) is 16.3 Å². The molecule has 0 N–H and O–H groups in total. The zero-order valence-electron chi connectivity index (χ0n) is 10.4. The summed E-state index contributed by atoms with van der Waals surface area (Å²) >= 11 is 6.00. The Morgan fingerprint density at radius 3 is 2.63 bits per heavy atom. The van der Waals surface area contributed by atoms with E-state index < -0.39 is 0 Å². The standard InChI is InChI=1S/C14H12ClN3O/c1-19-12-5-2-10(3-6-12)8-14-17-16-13-7-4-11(15)9-18(13)14/h2-7,9H,8H2,1H3. The number of nitrogens with zero attached hydrogens (tertiary/aromatic N) is 3. The minimum Gasteiger partial charge on any atom is -0.497 e. The topological polar surface area (TPSA) is 39.4 Å². The number of hydrogen-bond acceptors (Lipinski definition) is 3. The fraction of sp³-hybridized carbons (Fsp3) is 0.143. The summed E-state index contributed by atoms with van der Waals surface area (Å²) in [6.45, 7) is 0. The van der Waals surface area contributed by atoms with Crippen LogP contribution >= 0.6 is 11.6 Å². The van der Waals surface area contributed by atoms with E-state index in [9.17, 15) is 0 Å².